The van der Waals surface area contributed by atoms with Crippen LogP contribution < -0.4 is 15.8 Å². The molecule has 2 heterocycles. The summed E-state index contributed by atoms with van der Waals surface area (Å²) in [4.78, 5) is 16.1. The van der Waals surface area contributed by atoms with E-state index in [0.717, 1.165) is 23.4 Å². The number of ether oxygens (including phenoxy) is 1. The second-order valence-electron chi connectivity index (χ2n) is 4.73. The Hall–Kier alpha value is -2.56. The fourth-order valence-electron chi connectivity index (χ4n) is 2.17. The van der Waals surface area contributed by atoms with Crippen LogP contribution in [0.2, 0.25) is 0 Å². The van der Waals surface area contributed by atoms with E-state index in [1.54, 1.807) is 18.3 Å². The van der Waals surface area contributed by atoms with Gasteiger partial charge in [0.2, 0.25) is 5.91 Å². The third-order valence-electron chi connectivity index (χ3n) is 3.16. The minimum absolute atomic E-state index is 0.0962. The largest absolute Gasteiger partial charge is 0.493 e. The lowest BCUT2D eigenvalue weighted by molar-refractivity contribution is -0.115. The Bertz CT molecular complexity index is 638. The molecule has 0 saturated heterocycles. The molecule has 3 N–H and O–H groups in total. The van der Waals surface area contributed by atoms with Crippen molar-refractivity contribution in [2.75, 3.05) is 17.7 Å². The fraction of sp³-hybridized carbons (Fsp3) is 0.200. The van der Waals surface area contributed by atoms with Gasteiger partial charge in [-0.3, -0.25) is 9.78 Å². The quantitative estimate of drug-likeness (QED) is 0.890. The SMILES string of the molecule is Nc1ccc(CC(=O)Nc2ccc3c(c2)CCO3)nc1. The number of pyridine rings is 1. The van der Waals surface area contributed by atoms with E-state index in [1.807, 2.05) is 18.2 Å². The minimum atomic E-state index is -0.0962. The lowest BCUT2D eigenvalue weighted by atomic mass is 10.1. The van der Waals surface area contributed by atoms with Crippen molar-refractivity contribution < 1.29 is 9.53 Å². The minimum Gasteiger partial charge on any atom is -0.493 e. The van der Waals surface area contributed by atoms with Crippen LogP contribution in [0.1, 0.15) is 11.3 Å². The van der Waals surface area contributed by atoms with Gasteiger partial charge in [0, 0.05) is 17.8 Å². The second kappa shape index (κ2) is 5.21. The van der Waals surface area contributed by atoms with Crippen LogP contribution in [-0.4, -0.2) is 17.5 Å². The number of amides is 1. The molecule has 1 amide bonds. The summed E-state index contributed by atoms with van der Waals surface area (Å²) in [5, 5.41) is 2.87. The van der Waals surface area contributed by atoms with E-state index in [0.29, 0.717) is 18.0 Å². The molecular weight excluding hydrogens is 254 g/mol. The van der Waals surface area contributed by atoms with Crippen molar-refractivity contribution in [2.24, 2.45) is 0 Å². The van der Waals surface area contributed by atoms with E-state index in [1.165, 1.54) is 0 Å². The van der Waals surface area contributed by atoms with Crippen LogP contribution in [0, 0.1) is 0 Å². The van der Waals surface area contributed by atoms with Crippen LogP contribution >= 0.6 is 0 Å². The van der Waals surface area contributed by atoms with Crippen LogP contribution in [0.25, 0.3) is 0 Å². The molecule has 1 aromatic carbocycles. The van der Waals surface area contributed by atoms with Crippen LogP contribution in [0.4, 0.5) is 11.4 Å². The smallest absolute Gasteiger partial charge is 0.230 e. The average molecular weight is 269 g/mol. The Morgan fingerprint density at radius 1 is 1.35 bits per heavy atom. The summed E-state index contributed by atoms with van der Waals surface area (Å²) in [5.41, 5.74) is 8.76. The van der Waals surface area contributed by atoms with Gasteiger partial charge in [-0.25, -0.2) is 0 Å². The molecule has 0 radical (unpaired) electrons. The molecule has 102 valence electrons. The summed E-state index contributed by atoms with van der Waals surface area (Å²) in [6.07, 6.45) is 2.67. The van der Waals surface area contributed by atoms with Gasteiger partial charge in [0.05, 0.1) is 24.9 Å². The van der Waals surface area contributed by atoms with E-state index < -0.39 is 0 Å². The van der Waals surface area contributed by atoms with E-state index in [-0.39, 0.29) is 12.3 Å². The highest BCUT2D eigenvalue weighted by Gasteiger charge is 2.13. The first-order chi connectivity index (χ1) is 9.70. The summed E-state index contributed by atoms with van der Waals surface area (Å²) in [7, 11) is 0. The number of nitrogens with two attached hydrogens (primary N) is 1. The van der Waals surface area contributed by atoms with Crippen LogP contribution in [0.5, 0.6) is 5.75 Å². The van der Waals surface area contributed by atoms with Crippen molar-refractivity contribution in [3.63, 3.8) is 0 Å². The number of fused-ring (bicyclic) bond motifs is 1. The molecule has 0 fully saturated rings. The highest BCUT2D eigenvalue weighted by atomic mass is 16.5. The maximum Gasteiger partial charge on any atom is 0.230 e. The molecule has 0 bridgehead atoms. The Morgan fingerprint density at radius 2 is 2.25 bits per heavy atom. The summed E-state index contributed by atoms with van der Waals surface area (Å²) < 4.78 is 5.43. The molecule has 20 heavy (non-hydrogen) atoms. The molecule has 0 aliphatic carbocycles. The number of benzene rings is 1. The predicted molar refractivity (Wildman–Crippen MR) is 76.6 cm³/mol. The van der Waals surface area contributed by atoms with E-state index in [4.69, 9.17) is 10.5 Å². The zero-order valence-electron chi connectivity index (χ0n) is 10.9. The van der Waals surface area contributed by atoms with Crippen molar-refractivity contribution in [2.45, 2.75) is 12.8 Å². The van der Waals surface area contributed by atoms with Crippen LogP contribution in [0.3, 0.4) is 0 Å². The topological polar surface area (TPSA) is 77.2 Å². The lowest BCUT2D eigenvalue weighted by Crippen LogP contribution is -2.15. The Morgan fingerprint density at radius 3 is 3.05 bits per heavy atom. The first kappa shape index (κ1) is 12.5. The highest BCUT2D eigenvalue weighted by Crippen LogP contribution is 2.27. The number of nitrogen functional groups attached to an aromatic ring is 1. The fourth-order valence-corrected chi connectivity index (χ4v) is 2.17. The number of hydrogen-bond acceptors (Lipinski definition) is 4. The number of nitrogens with one attached hydrogen (secondary N) is 1. The van der Waals surface area contributed by atoms with Gasteiger partial charge in [0.25, 0.3) is 0 Å². The van der Waals surface area contributed by atoms with Gasteiger partial charge >= 0.3 is 0 Å². The second-order valence-corrected chi connectivity index (χ2v) is 4.73. The molecule has 0 spiro atoms. The molecular formula is C15H15N3O2. The van der Waals surface area contributed by atoms with Gasteiger partial charge < -0.3 is 15.8 Å². The Labute approximate surface area is 116 Å². The summed E-state index contributed by atoms with van der Waals surface area (Å²) in [6, 6.07) is 9.18. The normalized spacial score (nSPS) is 12.6. The molecule has 1 aliphatic rings. The molecule has 0 atom stereocenters. The molecule has 1 aromatic heterocycles. The van der Waals surface area contributed by atoms with Crippen molar-refractivity contribution in [3.8, 4) is 5.75 Å². The molecule has 5 heteroatoms. The molecule has 0 saturated carbocycles. The van der Waals surface area contributed by atoms with Crippen molar-refractivity contribution in [1.29, 1.82) is 0 Å². The summed E-state index contributed by atoms with van der Waals surface area (Å²) in [5.74, 6) is 0.810. The predicted octanol–water partition coefficient (Wildman–Crippen LogP) is 1.78. The number of aromatic nitrogens is 1. The van der Waals surface area contributed by atoms with Crippen molar-refractivity contribution in [3.05, 3.63) is 47.8 Å². The molecule has 5 nitrogen and oxygen atoms in total. The maximum absolute atomic E-state index is 12.0. The standard InChI is InChI=1S/C15H15N3O2/c16-11-1-2-12(17-9-11)8-15(19)18-13-3-4-14-10(7-13)5-6-20-14/h1-4,7,9H,5-6,8,16H2,(H,18,19). The van der Waals surface area contributed by atoms with Crippen LogP contribution in [0.15, 0.2) is 36.5 Å². The maximum atomic E-state index is 12.0. The zero-order valence-corrected chi connectivity index (χ0v) is 10.9. The number of rotatable bonds is 3. The average Bonchev–Trinajstić information content (AvgIpc) is 2.89. The zero-order chi connectivity index (χ0) is 13.9. The van der Waals surface area contributed by atoms with E-state index in [9.17, 15) is 4.79 Å². The van der Waals surface area contributed by atoms with Gasteiger partial charge in [-0.1, -0.05) is 0 Å². The summed E-state index contributed by atoms with van der Waals surface area (Å²) >= 11 is 0. The van der Waals surface area contributed by atoms with Gasteiger partial charge in [-0.15, -0.1) is 0 Å². The monoisotopic (exact) mass is 269 g/mol. The Kier molecular flexibility index (Phi) is 3.25. The van der Waals surface area contributed by atoms with Crippen molar-refractivity contribution in [1.82, 2.24) is 4.98 Å². The molecule has 1 aliphatic heterocycles. The first-order valence-corrected chi connectivity index (χ1v) is 6.47. The third kappa shape index (κ3) is 2.71. The first-order valence-electron chi connectivity index (χ1n) is 6.47. The van der Waals surface area contributed by atoms with E-state index >= 15 is 0 Å². The number of carbonyl (C=O) groups excluding carboxylic acids is 1. The van der Waals surface area contributed by atoms with Gasteiger partial charge in [0.15, 0.2) is 0 Å². The lowest BCUT2D eigenvalue weighted by Gasteiger charge is -2.07. The Balaban J connectivity index is 1.65. The van der Waals surface area contributed by atoms with Gasteiger partial charge in [-0.2, -0.15) is 0 Å². The van der Waals surface area contributed by atoms with Gasteiger partial charge in [-0.05, 0) is 35.9 Å². The number of anilines is 2. The van der Waals surface area contributed by atoms with E-state index in [2.05, 4.69) is 10.3 Å². The molecule has 3 rings (SSSR count). The van der Waals surface area contributed by atoms with Crippen LogP contribution in [-0.2, 0) is 17.6 Å². The number of carbonyl (C=O) groups is 1. The molecule has 2 aromatic rings. The number of nitrogens with zero attached hydrogens (tertiary/aromatic N) is 1. The van der Waals surface area contributed by atoms with Crippen molar-refractivity contribution >= 4 is 17.3 Å². The number of hydrogen-bond donors (Lipinski definition) is 2. The van der Waals surface area contributed by atoms with Gasteiger partial charge in [0.1, 0.15) is 5.75 Å². The molecule has 0 unspecified atom stereocenters. The highest BCUT2D eigenvalue weighted by molar-refractivity contribution is 5.92. The summed E-state index contributed by atoms with van der Waals surface area (Å²) in [6.45, 7) is 0.710. The third-order valence-corrected chi connectivity index (χ3v) is 3.16.